The SMILES string of the molecule is CCCCCCCCCC=CCC(CC(=O)OCCOC(=O)C=Cc1ccc(OC)cc1)C(=O)O. The lowest BCUT2D eigenvalue weighted by Crippen LogP contribution is -2.20. The second-order valence-electron chi connectivity index (χ2n) is 8.35. The smallest absolute Gasteiger partial charge is 0.330 e. The van der Waals surface area contributed by atoms with Gasteiger partial charge >= 0.3 is 17.9 Å². The quantitative estimate of drug-likeness (QED) is 0.111. The molecule has 7 heteroatoms. The Balaban J connectivity index is 2.19. The van der Waals surface area contributed by atoms with Crippen LogP contribution in [0.1, 0.15) is 76.7 Å². The molecule has 0 radical (unpaired) electrons. The summed E-state index contributed by atoms with van der Waals surface area (Å²) in [6.45, 7) is 1.98. The second-order valence-corrected chi connectivity index (χ2v) is 8.35. The Morgan fingerprint density at radius 2 is 1.57 bits per heavy atom. The molecule has 1 unspecified atom stereocenters. The standard InChI is InChI=1S/C28H40O7/c1-3-4-5-6-7-8-9-10-11-12-13-24(28(31)32)22-27(30)35-21-20-34-26(29)19-16-23-14-17-25(33-2)18-15-23/h11-12,14-19,24H,3-10,13,20-22H2,1-2H3,(H,31,32). The molecule has 1 atom stereocenters. The second kappa shape index (κ2) is 19.2. The van der Waals surface area contributed by atoms with E-state index in [1.54, 1.807) is 37.5 Å². The number of hydrogen-bond donors (Lipinski definition) is 1. The largest absolute Gasteiger partial charge is 0.497 e. The molecule has 0 amide bonds. The number of aliphatic carboxylic acids is 1. The van der Waals surface area contributed by atoms with E-state index in [1.807, 2.05) is 12.2 Å². The molecule has 7 nitrogen and oxygen atoms in total. The normalized spacial score (nSPS) is 12.1. The van der Waals surface area contributed by atoms with Crippen molar-refractivity contribution in [2.45, 2.75) is 71.1 Å². The Hall–Kier alpha value is -3.09. The molecular weight excluding hydrogens is 448 g/mol. The predicted octanol–water partition coefficient (Wildman–Crippen LogP) is 5.97. The minimum atomic E-state index is -1.03. The van der Waals surface area contributed by atoms with E-state index in [-0.39, 0.29) is 26.1 Å². The highest BCUT2D eigenvalue weighted by molar-refractivity contribution is 5.87. The molecule has 0 saturated carbocycles. The number of carbonyl (C=O) groups excluding carboxylic acids is 2. The van der Waals surface area contributed by atoms with Crippen molar-refractivity contribution in [3.63, 3.8) is 0 Å². The molecule has 0 aromatic heterocycles. The lowest BCUT2D eigenvalue weighted by molar-refractivity contribution is -0.154. The summed E-state index contributed by atoms with van der Waals surface area (Å²) in [6, 6.07) is 7.16. The Labute approximate surface area is 209 Å². The Morgan fingerprint density at radius 1 is 0.914 bits per heavy atom. The van der Waals surface area contributed by atoms with Gasteiger partial charge in [0.05, 0.1) is 19.4 Å². The highest BCUT2D eigenvalue weighted by Crippen LogP contribution is 2.14. The molecule has 0 fully saturated rings. The third kappa shape index (κ3) is 15.4. The first-order chi connectivity index (χ1) is 17.0. The van der Waals surface area contributed by atoms with Gasteiger partial charge in [0.1, 0.15) is 19.0 Å². The summed E-state index contributed by atoms with van der Waals surface area (Å²) in [5, 5.41) is 9.37. The maximum atomic E-state index is 12.0. The summed E-state index contributed by atoms with van der Waals surface area (Å²) in [4.78, 5) is 35.2. The summed E-state index contributed by atoms with van der Waals surface area (Å²) in [7, 11) is 1.58. The summed E-state index contributed by atoms with van der Waals surface area (Å²) in [5.74, 6) is -2.33. The molecule has 1 aromatic carbocycles. The van der Waals surface area contributed by atoms with Gasteiger partial charge in [0.15, 0.2) is 0 Å². The van der Waals surface area contributed by atoms with Gasteiger partial charge in [0.2, 0.25) is 0 Å². The van der Waals surface area contributed by atoms with E-state index in [1.165, 1.54) is 44.6 Å². The van der Waals surface area contributed by atoms with Gasteiger partial charge in [0, 0.05) is 6.08 Å². The number of allylic oxidation sites excluding steroid dienone is 2. The van der Waals surface area contributed by atoms with Crippen molar-refractivity contribution in [3.8, 4) is 5.75 Å². The summed E-state index contributed by atoms with van der Waals surface area (Å²) >= 11 is 0. The fourth-order valence-electron chi connectivity index (χ4n) is 3.35. The van der Waals surface area contributed by atoms with Gasteiger partial charge in [-0.1, -0.05) is 69.7 Å². The highest BCUT2D eigenvalue weighted by Gasteiger charge is 2.20. The van der Waals surface area contributed by atoms with Crippen LogP contribution >= 0.6 is 0 Å². The number of methoxy groups -OCH3 is 1. The van der Waals surface area contributed by atoms with E-state index in [2.05, 4.69) is 6.92 Å². The Kier molecular flexibility index (Phi) is 16.5. The molecule has 0 heterocycles. The zero-order valence-electron chi connectivity index (χ0n) is 21.1. The van der Waals surface area contributed by atoms with Crippen molar-refractivity contribution >= 4 is 24.0 Å². The van der Waals surface area contributed by atoms with Crippen molar-refractivity contribution in [3.05, 3.63) is 48.1 Å². The number of esters is 2. The van der Waals surface area contributed by atoms with Gasteiger partial charge in [-0.25, -0.2) is 4.79 Å². The molecule has 35 heavy (non-hydrogen) atoms. The molecule has 1 N–H and O–H groups in total. The van der Waals surface area contributed by atoms with Gasteiger partial charge in [0.25, 0.3) is 0 Å². The number of carbonyl (C=O) groups is 3. The fraction of sp³-hybridized carbons (Fsp3) is 0.536. The molecular formula is C28H40O7. The van der Waals surface area contributed by atoms with Crippen LogP contribution in [0.25, 0.3) is 6.08 Å². The van der Waals surface area contributed by atoms with Gasteiger partial charge in [-0.2, -0.15) is 0 Å². The number of ether oxygens (including phenoxy) is 3. The van der Waals surface area contributed by atoms with Gasteiger partial charge in [-0.3, -0.25) is 9.59 Å². The van der Waals surface area contributed by atoms with Gasteiger partial charge < -0.3 is 19.3 Å². The van der Waals surface area contributed by atoms with E-state index >= 15 is 0 Å². The maximum Gasteiger partial charge on any atom is 0.330 e. The van der Waals surface area contributed by atoms with Crippen LogP contribution in [-0.2, 0) is 23.9 Å². The zero-order valence-corrected chi connectivity index (χ0v) is 21.1. The van der Waals surface area contributed by atoms with Crippen LogP contribution in [0.5, 0.6) is 5.75 Å². The number of carboxylic acids is 1. The highest BCUT2D eigenvalue weighted by atomic mass is 16.6. The monoisotopic (exact) mass is 488 g/mol. The topological polar surface area (TPSA) is 99.1 Å². The first-order valence-corrected chi connectivity index (χ1v) is 12.5. The molecule has 0 aliphatic rings. The van der Waals surface area contributed by atoms with Crippen molar-refractivity contribution in [1.82, 2.24) is 0 Å². The third-order valence-corrected chi connectivity index (χ3v) is 5.44. The van der Waals surface area contributed by atoms with E-state index in [0.717, 1.165) is 24.2 Å². The van der Waals surface area contributed by atoms with Crippen molar-refractivity contribution in [1.29, 1.82) is 0 Å². The van der Waals surface area contributed by atoms with E-state index < -0.39 is 23.8 Å². The summed E-state index contributed by atoms with van der Waals surface area (Å²) < 4.78 is 15.1. The van der Waals surface area contributed by atoms with Gasteiger partial charge in [-0.15, -0.1) is 0 Å². The lowest BCUT2D eigenvalue weighted by atomic mass is 10.0. The third-order valence-electron chi connectivity index (χ3n) is 5.44. The van der Waals surface area contributed by atoms with Crippen molar-refractivity contribution in [2.75, 3.05) is 20.3 Å². The molecule has 0 bridgehead atoms. The first-order valence-electron chi connectivity index (χ1n) is 12.5. The Morgan fingerprint density at radius 3 is 2.23 bits per heavy atom. The Bertz CT molecular complexity index is 796. The number of hydrogen-bond acceptors (Lipinski definition) is 6. The zero-order chi connectivity index (χ0) is 25.7. The maximum absolute atomic E-state index is 12.0. The predicted molar refractivity (Wildman–Crippen MR) is 136 cm³/mol. The van der Waals surface area contributed by atoms with E-state index in [0.29, 0.717) is 0 Å². The number of unbranched alkanes of at least 4 members (excludes halogenated alkanes) is 7. The van der Waals surface area contributed by atoms with Crippen LogP contribution in [0.4, 0.5) is 0 Å². The van der Waals surface area contributed by atoms with Crippen molar-refractivity contribution in [2.24, 2.45) is 5.92 Å². The molecule has 194 valence electrons. The lowest BCUT2D eigenvalue weighted by Gasteiger charge is -2.10. The van der Waals surface area contributed by atoms with Crippen molar-refractivity contribution < 1.29 is 33.7 Å². The number of carboxylic acid groups (broad SMARTS) is 1. The fourth-order valence-corrected chi connectivity index (χ4v) is 3.35. The molecule has 0 aliphatic heterocycles. The van der Waals surface area contributed by atoms with Crippen LogP contribution < -0.4 is 4.74 Å². The van der Waals surface area contributed by atoms with Crippen LogP contribution in [0, 0.1) is 5.92 Å². The molecule has 0 aliphatic carbocycles. The molecule has 1 rings (SSSR count). The molecule has 0 saturated heterocycles. The van der Waals surface area contributed by atoms with E-state index in [9.17, 15) is 19.5 Å². The molecule has 0 spiro atoms. The van der Waals surface area contributed by atoms with E-state index in [4.69, 9.17) is 14.2 Å². The number of benzene rings is 1. The van der Waals surface area contributed by atoms with Crippen LogP contribution in [0.3, 0.4) is 0 Å². The first kappa shape index (κ1) is 29.9. The molecule has 1 aromatic rings. The van der Waals surface area contributed by atoms with Gasteiger partial charge in [-0.05, 0) is 43.0 Å². The van der Waals surface area contributed by atoms with Crippen LogP contribution in [0.2, 0.25) is 0 Å². The average molecular weight is 489 g/mol. The minimum absolute atomic E-state index is 0.104. The average Bonchev–Trinajstić information content (AvgIpc) is 2.86. The van der Waals surface area contributed by atoms with Crippen LogP contribution in [0.15, 0.2) is 42.5 Å². The van der Waals surface area contributed by atoms with Crippen LogP contribution in [-0.4, -0.2) is 43.3 Å². The summed E-state index contributed by atoms with van der Waals surface area (Å²) in [5.41, 5.74) is 0.811. The number of rotatable bonds is 19. The summed E-state index contributed by atoms with van der Waals surface area (Å²) in [6.07, 6.45) is 16.3. The minimum Gasteiger partial charge on any atom is -0.497 e.